The molecule has 24 heavy (non-hydrogen) atoms. The van der Waals surface area contributed by atoms with Crippen LogP contribution in [0.1, 0.15) is 17.5 Å². The predicted molar refractivity (Wildman–Crippen MR) is 92.0 cm³/mol. The van der Waals surface area contributed by atoms with Crippen molar-refractivity contribution in [1.29, 1.82) is 5.26 Å². The Morgan fingerprint density at radius 2 is 2.17 bits per heavy atom. The van der Waals surface area contributed by atoms with Gasteiger partial charge in [-0.3, -0.25) is 0 Å². The van der Waals surface area contributed by atoms with E-state index in [0.29, 0.717) is 12.2 Å². The predicted octanol–water partition coefficient (Wildman–Crippen LogP) is 3.87. The second kappa shape index (κ2) is 5.82. The minimum Gasteiger partial charge on any atom is -0.366 e. The smallest absolute Gasteiger partial charge is 0.143 e. The van der Waals surface area contributed by atoms with Crippen molar-refractivity contribution in [2.45, 2.75) is 6.42 Å². The van der Waals surface area contributed by atoms with E-state index in [-0.39, 0.29) is 5.56 Å². The fraction of sp³-hybridized carbons (Fsp3) is 0.158. The minimum absolute atomic E-state index is 0.116. The highest BCUT2D eigenvalue weighted by atomic mass is 19.1. The number of fused-ring (bicyclic) bond motifs is 1. The summed E-state index contributed by atoms with van der Waals surface area (Å²) in [4.78, 5) is 9.56. The number of nitrogens with zero attached hydrogens (tertiary/aromatic N) is 3. The van der Waals surface area contributed by atoms with Gasteiger partial charge in [-0.1, -0.05) is 12.1 Å². The van der Waals surface area contributed by atoms with Gasteiger partial charge >= 0.3 is 0 Å². The first kappa shape index (κ1) is 14.5. The molecular weight excluding hydrogens is 303 g/mol. The van der Waals surface area contributed by atoms with Gasteiger partial charge in [0, 0.05) is 36.4 Å². The molecule has 0 spiro atoms. The Morgan fingerprint density at radius 3 is 2.96 bits per heavy atom. The fourth-order valence-electron chi connectivity index (χ4n) is 3.24. The van der Waals surface area contributed by atoms with Crippen LogP contribution in [0.4, 0.5) is 10.1 Å². The number of benzene rings is 1. The van der Waals surface area contributed by atoms with Crippen molar-refractivity contribution in [3.05, 3.63) is 65.7 Å². The van der Waals surface area contributed by atoms with Gasteiger partial charge in [-0.15, -0.1) is 0 Å². The van der Waals surface area contributed by atoms with Crippen LogP contribution in [-0.2, 0) is 0 Å². The molecule has 5 heteroatoms. The third kappa shape index (κ3) is 2.33. The zero-order valence-corrected chi connectivity index (χ0v) is 13.0. The molecule has 2 aromatic heterocycles. The lowest BCUT2D eigenvalue weighted by molar-refractivity contribution is 0.622. The van der Waals surface area contributed by atoms with E-state index in [1.165, 1.54) is 11.6 Å². The van der Waals surface area contributed by atoms with Crippen LogP contribution >= 0.6 is 0 Å². The van der Waals surface area contributed by atoms with Gasteiger partial charge in [-0.2, -0.15) is 5.26 Å². The number of H-pyrrole nitrogens is 1. The van der Waals surface area contributed by atoms with Gasteiger partial charge in [0.25, 0.3) is 0 Å². The molecule has 0 saturated heterocycles. The van der Waals surface area contributed by atoms with Gasteiger partial charge in [0.05, 0.1) is 5.69 Å². The van der Waals surface area contributed by atoms with E-state index in [1.807, 2.05) is 23.2 Å². The van der Waals surface area contributed by atoms with Crippen LogP contribution in [0.25, 0.3) is 16.6 Å². The minimum atomic E-state index is -0.465. The summed E-state index contributed by atoms with van der Waals surface area (Å²) in [5.74, 6) is -0.465. The van der Waals surface area contributed by atoms with Crippen molar-refractivity contribution < 1.29 is 4.39 Å². The van der Waals surface area contributed by atoms with E-state index in [0.717, 1.165) is 29.6 Å². The lowest BCUT2D eigenvalue weighted by Crippen LogP contribution is -2.29. The van der Waals surface area contributed by atoms with Gasteiger partial charge in [0.2, 0.25) is 0 Å². The Labute approximate surface area is 138 Å². The third-order valence-corrected chi connectivity index (χ3v) is 4.45. The number of hydrogen-bond donors (Lipinski definition) is 1. The lowest BCUT2D eigenvalue weighted by atomic mass is 9.99. The number of nitrogens with one attached hydrogen (secondary N) is 1. The maximum atomic E-state index is 13.8. The number of aromatic nitrogens is 2. The molecule has 0 bridgehead atoms. The molecule has 4 rings (SSSR count). The SMILES string of the molecule is N#Cc1c(F)cccc1N1CC=C(c2c[nH]c3ncccc23)CC1. The number of pyridine rings is 1. The zero-order valence-electron chi connectivity index (χ0n) is 13.0. The van der Waals surface area contributed by atoms with Crippen LogP contribution in [0.3, 0.4) is 0 Å². The highest BCUT2D eigenvalue weighted by molar-refractivity contribution is 5.91. The van der Waals surface area contributed by atoms with Crippen LogP contribution in [0, 0.1) is 17.1 Å². The van der Waals surface area contributed by atoms with Crippen LogP contribution in [-0.4, -0.2) is 23.1 Å². The maximum absolute atomic E-state index is 13.8. The average Bonchev–Trinajstić information content (AvgIpc) is 3.06. The van der Waals surface area contributed by atoms with Crippen molar-refractivity contribution in [3.63, 3.8) is 0 Å². The summed E-state index contributed by atoms with van der Waals surface area (Å²) in [6, 6.07) is 10.7. The van der Waals surface area contributed by atoms with E-state index in [1.54, 1.807) is 18.3 Å². The highest BCUT2D eigenvalue weighted by Gasteiger charge is 2.19. The number of rotatable bonds is 2. The summed E-state index contributed by atoms with van der Waals surface area (Å²) in [6.45, 7) is 1.40. The van der Waals surface area contributed by atoms with Crippen LogP contribution in [0.15, 0.2) is 48.8 Å². The van der Waals surface area contributed by atoms with E-state index >= 15 is 0 Å². The molecule has 3 aromatic rings. The number of anilines is 1. The van der Waals surface area contributed by atoms with Crippen LogP contribution < -0.4 is 4.90 Å². The van der Waals surface area contributed by atoms with Gasteiger partial charge in [-0.05, 0) is 36.3 Å². The standard InChI is InChI=1S/C19H15FN4/c20-17-4-1-5-18(15(17)11-21)24-9-6-13(7-10-24)16-12-23-19-14(16)3-2-8-22-19/h1-6,8,12H,7,9-10H2,(H,22,23). The Morgan fingerprint density at radius 1 is 1.25 bits per heavy atom. The molecule has 118 valence electrons. The van der Waals surface area contributed by atoms with E-state index < -0.39 is 5.82 Å². The second-order valence-corrected chi connectivity index (χ2v) is 5.77. The third-order valence-electron chi connectivity index (χ3n) is 4.45. The van der Waals surface area contributed by atoms with Crippen molar-refractivity contribution in [2.24, 2.45) is 0 Å². The topological polar surface area (TPSA) is 55.7 Å². The Balaban J connectivity index is 1.65. The lowest BCUT2D eigenvalue weighted by Gasteiger charge is -2.29. The highest BCUT2D eigenvalue weighted by Crippen LogP contribution is 2.31. The molecule has 0 atom stereocenters. The molecule has 3 heterocycles. The Kier molecular flexibility index (Phi) is 3.51. The van der Waals surface area contributed by atoms with Crippen molar-refractivity contribution in [1.82, 2.24) is 9.97 Å². The van der Waals surface area contributed by atoms with Gasteiger partial charge in [0.15, 0.2) is 0 Å². The van der Waals surface area contributed by atoms with Crippen molar-refractivity contribution in [2.75, 3.05) is 18.0 Å². The fourth-order valence-corrected chi connectivity index (χ4v) is 3.24. The number of hydrogen-bond acceptors (Lipinski definition) is 3. The summed E-state index contributed by atoms with van der Waals surface area (Å²) in [5.41, 5.74) is 4.07. The molecular formula is C19H15FN4. The van der Waals surface area contributed by atoms with E-state index in [4.69, 9.17) is 0 Å². The van der Waals surface area contributed by atoms with E-state index in [2.05, 4.69) is 22.1 Å². The maximum Gasteiger partial charge on any atom is 0.143 e. The first-order chi connectivity index (χ1) is 11.8. The van der Waals surface area contributed by atoms with E-state index in [9.17, 15) is 9.65 Å². The first-order valence-electron chi connectivity index (χ1n) is 7.83. The normalized spacial score (nSPS) is 14.5. The van der Waals surface area contributed by atoms with Gasteiger partial charge in [-0.25, -0.2) is 9.37 Å². The molecule has 0 amide bonds. The number of halogens is 1. The molecule has 0 unspecified atom stereocenters. The summed E-state index contributed by atoms with van der Waals surface area (Å²) in [7, 11) is 0. The summed E-state index contributed by atoms with van der Waals surface area (Å²) < 4.78 is 13.8. The van der Waals surface area contributed by atoms with Crippen LogP contribution in [0.5, 0.6) is 0 Å². The molecule has 0 radical (unpaired) electrons. The Bertz CT molecular complexity index is 980. The quantitative estimate of drug-likeness (QED) is 0.780. The number of nitriles is 1. The van der Waals surface area contributed by atoms with Crippen molar-refractivity contribution in [3.8, 4) is 6.07 Å². The zero-order chi connectivity index (χ0) is 16.5. The summed E-state index contributed by atoms with van der Waals surface area (Å²) in [6.07, 6.45) is 6.74. The summed E-state index contributed by atoms with van der Waals surface area (Å²) >= 11 is 0. The second-order valence-electron chi connectivity index (χ2n) is 5.77. The average molecular weight is 318 g/mol. The largest absolute Gasteiger partial charge is 0.366 e. The van der Waals surface area contributed by atoms with Crippen molar-refractivity contribution >= 4 is 22.3 Å². The summed E-state index contributed by atoms with van der Waals surface area (Å²) in [5, 5.41) is 10.3. The van der Waals surface area contributed by atoms with Crippen LogP contribution in [0.2, 0.25) is 0 Å². The molecule has 1 N–H and O–H groups in total. The van der Waals surface area contributed by atoms with Gasteiger partial charge in [0.1, 0.15) is 23.1 Å². The molecule has 0 aliphatic carbocycles. The monoisotopic (exact) mass is 318 g/mol. The molecule has 4 nitrogen and oxygen atoms in total. The molecule has 0 saturated carbocycles. The molecule has 1 aliphatic rings. The van der Waals surface area contributed by atoms with Gasteiger partial charge < -0.3 is 9.88 Å². The molecule has 1 aromatic carbocycles. The Hall–Kier alpha value is -3.13. The first-order valence-corrected chi connectivity index (χ1v) is 7.83. The molecule has 1 aliphatic heterocycles. The number of aromatic amines is 1. The molecule has 0 fully saturated rings.